The van der Waals surface area contributed by atoms with Gasteiger partial charge in [-0.05, 0) is 83.9 Å². The molecular formula is C37H38N4O5. The summed E-state index contributed by atoms with van der Waals surface area (Å²) in [5.74, 6) is -0.570. The SMILES string of the molecule is O=C(Nc1ccc(C(=O)c2ccc(NC(=O)c3ccc(CN4CCOCC4)cc3)cc2)cc1)c1ccc(CN2CCOCC2)cc1. The number of carbonyl (C=O) groups excluding carboxylic acids is 3. The van der Waals surface area contributed by atoms with Crippen LogP contribution in [0.2, 0.25) is 0 Å². The lowest BCUT2D eigenvalue weighted by atomic mass is 10.0. The van der Waals surface area contributed by atoms with Gasteiger partial charge in [-0.1, -0.05) is 24.3 Å². The fraction of sp³-hybridized carbons (Fsp3) is 0.270. The quantitative estimate of drug-likeness (QED) is 0.239. The van der Waals surface area contributed by atoms with Crippen molar-refractivity contribution in [3.8, 4) is 0 Å². The maximum Gasteiger partial charge on any atom is 0.255 e. The number of hydrogen-bond acceptors (Lipinski definition) is 7. The Morgan fingerprint density at radius 3 is 1.15 bits per heavy atom. The Morgan fingerprint density at radius 1 is 0.478 bits per heavy atom. The van der Waals surface area contributed by atoms with Gasteiger partial charge in [-0.2, -0.15) is 0 Å². The van der Waals surface area contributed by atoms with Gasteiger partial charge in [0.05, 0.1) is 26.4 Å². The van der Waals surface area contributed by atoms with Crippen molar-refractivity contribution in [2.45, 2.75) is 13.1 Å². The molecule has 2 aliphatic heterocycles. The van der Waals surface area contributed by atoms with Crippen LogP contribution < -0.4 is 10.6 Å². The Kier molecular flexibility index (Phi) is 10.3. The van der Waals surface area contributed by atoms with Crippen molar-refractivity contribution in [2.24, 2.45) is 0 Å². The third-order valence-electron chi connectivity index (χ3n) is 8.26. The highest BCUT2D eigenvalue weighted by Gasteiger charge is 2.15. The normalized spacial score (nSPS) is 15.7. The van der Waals surface area contributed by atoms with E-state index in [0.717, 1.165) is 76.8 Å². The molecule has 4 aromatic carbocycles. The van der Waals surface area contributed by atoms with Crippen molar-refractivity contribution in [2.75, 3.05) is 63.2 Å². The number of morpholine rings is 2. The number of hydrogen-bond donors (Lipinski definition) is 2. The Balaban J connectivity index is 0.988. The standard InChI is InChI=1S/C37H38N4O5/c42-35(29-9-13-33(14-10-29)38-36(43)31-5-1-27(2-6-31)25-40-17-21-45-22-18-40)30-11-15-34(16-12-30)39-37(44)32-7-3-28(4-8-32)26-41-19-23-46-24-20-41/h1-16H,17-26H2,(H,38,43)(H,39,44). The summed E-state index contributed by atoms with van der Waals surface area (Å²) in [4.78, 5) is 43.4. The molecule has 236 valence electrons. The molecule has 0 unspecified atom stereocenters. The lowest BCUT2D eigenvalue weighted by molar-refractivity contribution is 0.0341. The molecule has 2 fully saturated rings. The molecule has 0 bridgehead atoms. The summed E-state index contributed by atoms with van der Waals surface area (Å²) in [7, 11) is 0. The summed E-state index contributed by atoms with van der Waals surface area (Å²) in [6.07, 6.45) is 0. The molecule has 9 heteroatoms. The topological polar surface area (TPSA) is 100 Å². The van der Waals surface area contributed by atoms with Gasteiger partial charge in [0.25, 0.3) is 11.8 Å². The van der Waals surface area contributed by atoms with Gasteiger partial charge in [-0.25, -0.2) is 0 Å². The van der Waals surface area contributed by atoms with E-state index < -0.39 is 0 Å². The van der Waals surface area contributed by atoms with Gasteiger partial charge in [0, 0.05) is 72.9 Å². The molecule has 2 saturated heterocycles. The Bertz CT molecular complexity index is 1500. The summed E-state index contributed by atoms with van der Waals surface area (Å²) >= 11 is 0. The fourth-order valence-corrected chi connectivity index (χ4v) is 5.54. The second-order valence-electron chi connectivity index (χ2n) is 11.6. The maximum atomic E-state index is 13.1. The minimum Gasteiger partial charge on any atom is -0.379 e. The van der Waals surface area contributed by atoms with Gasteiger partial charge in [0.1, 0.15) is 0 Å². The van der Waals surface area contributed by atoms with Crippen molar-refractivity contribution >= 4 is 29.0 Å². The molecule has 2 N–H and O–H groups in total. The van der Waals surface area contributed by atoms with Crippen molar-refractivity contribution in [1.29, 1.82) is 0 Å². The number of rotatable bonds is 10. The molecule has 0 saturated carbocycles. The van der Waals surface area contributed by atoms with Crippen molar-refractivity contribution in [3.05, 3.63) is 130 Å². The number of nitrogens with zero attached hydrogens (tertiary/aromatic N) is 2. The summed E-state index contributed by atoms with van der Waals surface area (Å²) in [6.45, 7) is 8.34. The van der Waals surface area contributed by atoms with Crippen LogP contribution in [0.25, 0.3) is 0 Å². The highest BCUT2D eigenvalue weighted by molar-refractivity contribution is 6.10. The first-order valence-electron chi connectivity index (χ1n) is 15.7. The highest BCUT2D eigenvalue weighted by atomic mass is 16.5. The van der Waals surface area contributed by atoms with Crippen LogP contribution in [0.4, 0.5) is 11.4 Å². The molecule has 9 nitrogen and oxygen atoms in total. The number of amides is 2. The van der Waals surface area contributed by atoms with Gasteiger partial charge in [-0.15, -0.1) is 0 Å². The van der Waals surface area contributed by atoms with Crippen molar-refractivity contribution in [1.82, 2.24) is 9.80 Å². The first-order valence-corrected chi connectivity index (χ1v) is 15.7. The van der Waals surface area contributed by atoms with Crippen LogP contribution in [0, 0.1) is 0 Å². The number of anilines is 2. The maximum absolute atomic E-state index is 13.1. The van der Waals surface area contributed by atoms with Crippen LogP contribution >= 0.6 is 0 Å². The van der Waals surface area contributed by atoms with Gasteiger partial charge >= 0.3 is 0 Å². The van der Waals surface area contributed by atoms with Crippen molar-refractivity contribution in [3.63, 3.8) is 0 Å². The molecular weight excluding hydrogens is 580 g/mol. The summed E-state index contributed by atoms with van der Waals surface area (Å²) in [5, 5.41) is 5.80. The smallest absolute Gasteiger partial charge is 0.255 e. The number of carbonyl (C=O) groups is 3. The van der Waals surface area contributed by atoms with E-state index >= 15 is 0 Å². The molecule has 0 spiro atoms. The molecule has 0 radical (unpaired) electrons. The molecule has 4 aromatic rings. The van der Waals surface area contributed by atoms with Crippen LogP contribution in [-0.2, 0) is 22.6 Å². The molecule has 6 rings (SSSR count). The fourth-order valence-electron chi connectivity index (χ4n) is 5.54. The first-order chi connectivity index (χ1) is 22.5. The number of nitrogens with one attached hydrogen (secondary N) is 2. The second-order valence-corrected chi connectivity index (χ2v) is 11.6. The zero-order valence-corrected chi connectivity index (χ0v) is 25.7. The monoisotopic (exact) mass is 618 g/mol. The number of ether oxygens (including phenoxy) is 2. The van der Waals surface area contributed by atoms with Crippen LogP contribution in [0.3, 0.4) is 0 Å². The van der Waals surface area contributed by atoms with Crippen LogP contribution in [0.15, 0.2) is 97.1 Å². The molecule has 2 heterocycles. The minimum atomic E-state index is -0.210. The molecule has 46 heavy (non-hydrogen) atoms. The van der Waals surface area contributed by atoms with E-state index in [0.29, 0.717) is 33.6 Å². The van der Waals surface area contributed by atoms with Crippen LogP contribution in [-0.4, -0.2) is 80.0 Å². The predicted molar refractivity (Wildman–Crippen MR) is 177 cm³/mol. The van der Waals surface area contributed by atoms with E-state index in [1.54, 1.807) is 48.5 Å². The summed E-state index contributed by atoms with van der Waals surface area (Å²) in [6, 6.07) is 28.9. The third-order valence-corrected chi connectivity index (χ3v) is 8.26. The van der Waals surface area contributed by atoms with Crippen LogP contribution in [0.5, 0.6) is 0 Å². The Morgan fingerprint density at radius 2 is 0.804 bits per heavy atom. The molecule has 2 amide bonds. The van der Waals surface area contributed by atoms with E-state index in [1.165, 1.54) is 0 Å². The first kappa shape index (κ1) is 31.3. The summed E-state index contributed by atoms with van der Waals surface area (Å²) < 4.78 is 10.8. The predicted octanol–water partition coefficient (Wildman–Crippen LogP) is 5.09. The molecule has 0 atom stereocenters. The number of ketones is 1. The van der Waals surface area contributed by atoms with E-state index in [9.17, 15) is 14.4 Å². The second kappa shape index (κ2) is 15.1. The largest absolute Gasteiger partial charge is 0.379 e. The van der Waals surface area contributed by atoms with Crippen molar-refractivity contribution < 1.29 is 23.9 Å². The highest BCUT2D eigenvalue weighted by Crippen LogP contribution is 2.19. The number of benzene rings is 4. The average Bonchev–Trinajstić information content (AvgIpc) is 3.10. The molecule has 0 aromatic heterocycles. The van der Waals surface area contributed by atoms with Gasteiger partial charge in [-0.3, -0.25) is 24.2 Å². The van der Waals surface area contributed by atoms with E-state index in [2.05, 4.69) is 20.4 Å². The minimum absolute atomic E-state index is 0.150. The van der Waals surface area contributed by atoms with Gasteiger partial charge < -0.3 is 20.1 Å². The van der Waals surface area contributed by atoms with Crippen LogP contribution in [0.1, 0.15) is 47.8 Å². The lowest BCUT2D eigenvalue weighted by Crippen LogP contribution is -2.35. The van der Waals surface area contributed by atoms with Gasteiger partial charge in [0.2, 0.25) is 0 Å². The Labute approximate surface area is 269 Å². The molecule has 0 aliphatic carbocycles. The zero-order chi connectivity index (χ0) is 31.7. The summed E-state index contributed by atoms with van der Waals surface area (Å²) in [5.41, 5.74) is 5.65. The average molecular weight is 619 g/mol. The molecule has 2 aliphatic rings. The van der Waals surface area contributed by atoms with E-state index in [4.69, 9.17) is 9.47 Å². The zero-order valence-electron chi connectivity index (χ0n) is 25.7. The van der Waals surface area contributed by atoms with Gasteiger partial charge in [0.15, 0.2) is 5.78 Å². The third kappa shape index (κ3) is 8.32. The van der Waals surface area contributed by atoms with E-state index in [1.807, 2.05) is 48.5 Å². The Hall–Kier alpha value is -4.67. The lowest BCUT2D eigenvalue weighted by Gasteiger charge is -2.26. The van der Waals surface area contributed by atoms with E-state index in [-0.39, 0.29) is 17.6 Å².